The first-order valence-corrected chi connectivity index (χ1v) is 7.89. The lowest BCUT2D eigenvalue weighted by atomic mass is 10.2. The smallest absolute Gasteiger partial charge is 0.119 e. The summed E-state index contributed by atoms with van der Waals surface area (Å²) in [4.78, 5) is 0. The molecular formula is C17H25NO. The second-order valence-corrected chi connectivity index (χ2v) is 6.03. The van der Waals surface area contributed by atoms with Crippen LogP contribution in [0, 0.1) is 0 Å². The summed E-state index contributed by atoms with van der Waals surface area (Å²) in [6.45, 7) is 0.994. The third-order valence-electron chi connectivity index (χ3n) is 4.48. The van der Waals surface area contributed by atoms with Gasteiger partial charge in [0.2, 0.25) is 0 Å². The predicted molar refractivity (Wildman–Crippen MR) is 78.4 cm³/mol. The zero-order valence-electron chi connectivity index (χ0n) is 11.7. The number of ether oxygens (including phenoxy) is 1. The third-order valence-corrected chi connectivity index (χ3v) is 4.48. The average molecular weight is 259 g/mol. The van der Waals surface area contributed by atoms with Gasteiger partial charge in [-0.15, -0.1) is 0 Å². The first-order chi connectivity index (χ1) is 9.40. The summed E-state index contributed by atoms with van der Waals surface area (Å²) in [6, 6.07) is 9.40. The van der Waals surface area contributed by atoms with Crippen LogP contribution in [0.25, 0.3) is 0 Å². The van der Waals surface area contributed by atoms with E-state index < -0.39 is 0 Å². The maximum absolute atomic E-state index is 5.99. The Morgan fingerprint density at radius 2 is 1.53 bits per heavy atom. The molecule has 3 rings (SSSR count). The Morgan fingerprint density at radius 1 is 0.895 bits per heavy atom. The van der Waals surface area contributed by atoms with Gasteiger partial charge in [0.05, 0.1) is 6.10 Å². The largest absolute Gasteiger partial charge is 0.490 e. The van der Waals surface area contributed by atoms with Gasteiger partial charge in [-0.3, -0.25) is 0 Å². The van der Waals surface area contributed by atoms with E-state index in [2.05, 4.69) is 29.6 Å². The van der Waals surface area contributed by atoms with E-state index in [0.717, 1.165) is 18.3 Å². The summed E-state index contributed by atoms with van der Waals surface area (Å²) < 4.78 is 5.99. The van der Waals surface area contributed by atoms with Crippen LogP contribution in [0.3, 0.4) is 0 Å². The SMILES string of the molecule is c1cc(OC2CCCC2)ccc1CNC1CCCC1. The van der Waals surface area contributed by atoms with Crippen molar-refractivity contribution in [2.45, 2.75) is 70.1 Å². The molecule has 2 aliphatic carbocycles. The minimum atomic E-state index is 0.461. The van der Waals surface area contributed by atoms with E-state index in [4.69, 9.17) is 4.74 Å². The third kappa shape index (κ3) is 3.73. The Bertz CT molecular complexity index is 375. The van der Waals surface area contributed by atoms with Gasteiger partial charge in [-0.05, 0) is 56.2 Å². The highest BCUT2D eigenvalue weighted by Gasteiger charge is 2.16. The van der Waals surface area contributed by atoms with E-state index in [1.807, 2.05) is 0 Å². The first-order valence-electron chi connectivity index (χ1n) is 7.89. The fraction of sp³-hybridized carbons (Fsp3) is 0.647. The second-order valence-electron chi connectivity index (χ2n) is 6.03. The Kier molecular flexibility index (Phi) is 4.39. The molecule has 0 bridgehead atoms. The average Bonchev–Trinajstić information content (AvgIpc) is 3.11. The highest BCUT2D eigenvalue weighted by atomic mass is 16.5. The molecule has 2 fully saturated rings. The number of rotatable bonds is 5. The fourth-order valence-electron chi connectivity index (χ4n) is 3.28. The second kappa shape index (κ2) is 6.42. The Labute approximate surface area is 116 Å². The van der Waals surface area contributed by atoms with Crippen LogP contribution in [0.1, 0.15) is 56.9 Å². The molecule has 0 aliphatic heterocycles. The molecule has 104 valence electrons. The molecule has 2 heteroatoms. The van der Waals surface area contributed by atoms with Gasteiger partial charge in [0, 0.05) is 12.6 Å². The van der Waals surface area contributed by atoms with E-state index in [1.54, 1.807) is 0 Å². The molecule has 0 spiro atoms. The van der Waals surface area contributed by atoms with Gasteiger partial charge >= 0.3 is 0 Å². The molecule has 1 aromatic carbocycles. The van der Waals surface area contributed by atoms with E-state index >= 15 is 0 Å². The number of hydrogen-bond donors (Lipinski definition) is 1. The van der Waals surface area contributed by atoms with Crippen LogP contribution < -0.4 is 10.1 Å². The van der Waals surface area contributed by atoms with Crippen molar-refractivity contribution in [2.24, 2.45) is 0 Å². The Hall–Kier alpha value is -1.02. The normalized spacial score (nSPS) is 21.1. The molecule has 2 aliphatic rings. The zero-order chi connectivity index (χ0) is 12.9. The highest BCUT2D eigenvalue weighted by Crippen LogP contribution is 2.24. The van der Waals surface area contributed by atoms with Crippen LogP contribution in [0.4, 0.5) is 0 Å². The lowest BCUT2D eigenvalue weighted by Gasteiger charge is -2.14. The van der Waals surface area contributed by atoms with Crippen LogP contribution in [0.2, 0.25) is 0 Å². The summed E-state index contributed by atoms with van der Waals surface area (Å²) >= 11 is 0. The van der Waals surface area contributed by atoms with Crippen LogP contribution in [-0.2, 0) is 6.54 Å². The van der Waals surface area contributed by atoms with Crippen LogP contribution in [0.15, 0.2) is 24.3 Å². The summed E-state index contributed by atoms with van der Waals surface area (Å²) in [5.41, 5.74) is 1.37. The zero-order valence-corrected chi connectivity index (χ0v) is 11.7. The maximum Gasteiger partial charge on any atom is 0.119 e. The van der Waals surface area contributed by atoms with Crippen molar-refractivity contribution in [3.05, 3.63) is 29.8 Å². The lowest BCUT2D eigenvalue weighted by molar-refractivity contribution is 0.210. The van der Waals surface area contributed by atoms with Crippen LogP contribution >= 0.6 is 0 Å². The molecule has 0 unspecified atom stereocenters. The maximum atomic E-state index is 5.99. The van der Waals surface area contributed by atoms with E-state index in [0.29, 0.717) is 6.10 Å². The molecule has 1 aromatic rings. The van der Waals surface area contributed by atoms with E-state index in [1.165, 1.54) is 56.9 Å². The Morgan fingerprint density at radius 3 is 2.21 bits per heavy atom. The van der Waals surface area contributed by atoms with Gasteiger partial charge in [-0.25, -0.2) is 0 Å². The number of hydrogen-bond acceptors (Lipinski definition) is 2. The molecular weight excluding hydrogens is 234 g/mol. The van der Waals surface area contributed by atoms with Crippen molar-refractivity contribution < 1.29 is 4.74 Å². The topological polar surface area (TPSA) is 21.3 Å². The summed E-state index contributed by atoms with van der Waals surface area (Å²) in [7, 11) is 0. The molecule has 19 heavy (non-hydrogen) atoms. The van der Waals surface area contributed by atoms with Gasteiger partial charge in [0.25, 0.3) is 0 Å². The monoisotopic (exact) mass is 259 g/mol. The van der Waals surface area contributed by atoms with Crippen molar-refractivity contribution in [3.8, 4) is 5.75 Å². The minimum absolute atomic E-state index is 0.461. The molecule has 2 saturated carbocycles. The molecule has 0 amide bonds. The summed E-state index contributed by atoms with van der Waals surface area (Å²) in [5, 5.41) is 3.65. The number of nitrogens with one attached hydrogen (secondary N) is 1. The molecule has 0 aromatic heterocycles. The highest BCUT2D eigenvalue weighted by molar-refractivity contribution is 5.27. The molecule has 0 heterocycles. The van der Waals surface area contributed by atoms with Crippen molar-refractivity contribution in [1.29, 1.82) is 0 Å². The summed E-state index contributed by atoms with van der Waals surface area (Å²) in [5.74, 6) is 1.04. The van der Waals surface area contributed by atoms with Gasteiger partial charge in [0.1, 0.15) is 5.75 Å². The van der Waals surface area contributed by atoms with Gasteiger partial charge in [0.15, 0.2) is 0 Å². The van der Waals surface area contributed by atoms with Crippen molar-refractivity contribution >= 4 is 0 Å². The van der Waals surface area contributed by atoms with Gasteiger partial charge in [-0.1, -0.05) is 25.0 Å². The standard InChI is InChI=1S/C17H25NO/c1-2-6-15(5-1)18-13-14-9-11-17(12-10-14)19-16-7-3-4-8-16/h9-12,15-16,18H,1-8,13H2. The van der Waals surface area contributed by atoms with E-state index in [9.17, 15) is 0 Å². The van der Waals surface area contributed by atoms with Crippen molar-refractivity contribution in [1.82, 2.24) is 5.32 Å². The molecule has 1 N–H and O–H groups in total. The Balaban J connectivity index is 1.47. The molecule has 0 radical (unpaired) electrons. The first kappa shape index (κ1) is 13.0. The predicted octanol–water partition coefficient (Wildman–Crippen LogP) is 4.04. The minimum Gasteiger partial charge on any atom is -0.490 e. The van der Waals surface area contributed by atoms with Gasteiger partial charge < -0.3 is 10.1 Å². The fourth-order valence-corrected chi connectivity index (χ4v) is 3.28. The lowest BCUT2D eigenvalue weighted by Crippen LogP contribution is -2.25. The molecule has 0 saturated heterocycles. The van der Waals surface area contributed by atoms with Crippen LogP contribution in [0.5, 0.6) is 5.75 Å². The van der Waals surface area contributed by atoms with Crippen molar-refractivity contribution in [3.63, 3.8) is 0 Å². The molecule has 2 nitrogen and oxygen atoms in total. The van der Waals surface area contributed by atoms with E-state index in [-0.39, 0.29) is 0 Å². The van der Waals surface area contributed by atoms with Crippen molar-refractivity contribution in [2.75, 3.05) is 0 Å². The molecule has 0 atom stereocenters. The summed E-state index contributed by atoms with van der Waals surface area (Å²) in [6.07, 6.45) is 11.1. The van der Waals surface area contributed by atoms with Crippen LogP contribution in [-0.4, -0.2) is 12.1 Å². The van der Waals surface area contributed by atoms with Gasteiger partial charge in [-0.2, -0.15) is 0 Å². The quantitative estimate of drug-likeness (QED) is 0.861. The number of benzene rings is 1.